The molecule has 0 spiro atoms. The molecular weight excluding hydrogens is 273 g/mol. The van der Waals surface area contributed by atoms with Gasteiger partial charge in [-0.15, -0.1) is 0 Å². The summed E-state index contributed by atoms with van der Waals surface area (Å²) < 4.78 is 39.4. The molecule has 7 heteroatoms. The quantitative estimate of drug-likeness (QED) is 0.783. The van der Waals surface area contributed by atoms with Crippen LogP contribution in [0.15, 0.2) is 15.7 Å². The van der Waals surface area contributed by atoms with Crippen LogP contribution < -0.4 is 11.2 Å². The van der Waals surface area contributed by atoms with Gasteiger partial charge in [-0.1, -0.05) is 26.2 Å². The second-order valence-electron chi connectivity index (χ2n) is 4.92. The van der Waals surface area contributed by atoms with Gasteiger partial charge < -0.3 is 0 Å². The van der Waals surface area contributed by atoms with Gasteiger partial charge in [0.25, 0.3) is 5.56 Å². The van der Waals surface area contributed by atoms with E-state index in [1.165, 1.54) is 0 Å². The molecule has 0 aliphatic carbocycles. The molecule has 0 saturated heterocycles. The fourth-order valence-corrected chi connectivity index (χ4v) is 2.14. The highest BCUT2D eigenvalue weighted by Crippen LogP contribution is 2.27. The fraction of sp³-hybridized carbons (Fsp3) is 0.692. The monoisotopic (exact) mass is 292 g/mol. The molecule has 0 aliphatic heterocycles. The Balaban J connectivity index is 3.21. The van der Waals surface area contributed by atoms with E-state index >= 15 is 0 Å². The number of nitrogens with zero attached hydrogens (tertiary/aromatic N) is 2. The lowest BCUT2D eigenvalue weighted by Crippen LogP contribution is -2.43. The highest BCUT2D eigenvalue weighted by molar-refractivity contribution is 5.06. The molecule has 0 fully saturated rings. The van der Waals surface area contributed by atoms with E-state index in [2.05, 4.69) is 0 Å². The molecular formula is C13H19F3N2O2. The minimum Gasteiger partial charge on any atom is -0.292 e. The second kappa shape index (κ2) is 6.28. The first-order valence-electron chi connectivity index (χ1n) is 6.60. The molecule has 1 aromatic heterocycles. The molecule has 0 amide bonds. The molecule has 0 aromatic carbocycles. The number of rotatable bonds is 5. The Hall–Kier alpha value is -1.53. The van der Waals surface area contributed by atoms with Crippen LogP contribution in [0.2, 0.25) is 0 Å². The van der Waals surface area contributed by atoms with E-state index in [1.807, 2.05) is 6.92 Å². The van der Waals surface area contributed by atoms with Crippen LogP contribution in [0.3, 0.4) is 0 Å². The van der Waals surface area contributed by atoms with E-state index < -0.39 is 29.2 Å². The molecule has 1 unspecified atom stereocenters. The van der Waals surface area contributed by atoms with Crippen LogP contribution in [0, 0.1) is 0 Å². The van der Waals surface area contributed by atoms with Crippen LogP contribution in [0.25, 0.3) is 0 Å². The van der Waals surface area contributed by atoms with Crippen molar-refractivity contribution in [3.05, 3.63) is 32.6 Å². The summed E-state index contributed by atoms with van der Waals surface area (Å²) in [5, 5.41) is 0. The standard InChI is InChI=1S/C13H19F3N2O2/c1-4-5-6-7-9(2)18-11(19)8-10(13(14,15)16)17(3)12(18)20/h8-9H,4-7H2,1-3H3. The third-order valence-corrected chi connectivity index (χ3v) is 3.31. The maximum atomic E-state index is 12.7. The van der Waals surface area contributed by atoms with Crippen molar-refractivity contribution in [2.24, 2.45) is 7.05 Å². The maximum Gasteiger partial charge on any atom is 0.431 e. The topological polar surface area (TPSA) is 44.0 Å². The van der Waals surface area contributed by atoms with Crippen molar-refractivity contribution in [2.45, 2.75) is 51.7 Å². The first kappa shape index (κ1) is 16.5. The minimum atomic E-state index is -4.71. The van der Waals surface area contributed by atoms with E-state index in [0.29, 0.717) is 17.1 Å². The van der Waals surface area contributed by atoms with Gasteiger partial charge in [0.05, 0.1) is 0 Å². The summed E-state index contributed by atoms with van der Waals surface area (Å²) in [7, 11) is 1.03. The first-order valence-corrected chi connectivity index (χ1v) is 6.60. The van der Waals surface area contributed by atoms with Crippen molar-refractivity contribution in [1.82, 2.24) is 9.13 Å². The van der Waals surface area contributed by atoms with Gasteiger partial charge in [0.15, 0.2) is 0 Å². The van der Waals surface area contributed by atoms with Crippen LogP contribution in [0.1, 0.15) is 51.3 Å². The predicted molar refractivity (Wildman–Crippen MR) is 69.8 cm³/mol. The first-order chi connectivity index (χ1) is 9.20. The average Bonchev–Trinajstić information content (AvgIpc) is 2.33. The summed E-state index contributed by atoms with van der Waals surface area (Å²) in [4.78, 5) is 23.7. The summed E-state index contributed by atoms with van der Waals surface area (Å²) in [5.74, 6) is 0. The predicted octanol–water partition coefficient (Wildman–Crippen LogP) is 2.71. The lowest BCUT2D eigenvalue weighted by Gasteiger charge is -2.18. The summed E-state index contributed by atoms with van der Waals surface area (Å²) >= 11 is 0. The van der Waals surface area contributed by atoms with Gasteiger partial charge in [-0.3, -0.25) is 13.9 Å². The van der Waals surface area contributed by atoms with Crippen LogP contribution >= 0.6 is 0 Å². The van der Waals surface area contributed by atoms with Crippen molar-refractivity contribution in [3.8, 4) is 0 Å². The number of unbranched alkanes of at least 4 members (excludes halogenated alkanes) is 2. The van der Waals surface area contributed by atoms with E-state index in [-0.39, 0.29) is 0 Å². The third kappa shape index (κ3) is 3.52. The van der Waals surface area contributed by atoms with E-state index in [0.717, 1.165) is 30.9 Å². The lowest BCUT2D eigenvalue weighted by atomic mass is 10.1. The number of hydrogen-bond acceptors (Lipinski definition) is 2. The van der Waals surface area contributed by atoms with Gasteiger partial charge >= 0.3 is 11.9 Å². The molecule has 114 valence electrons. The Morgan fingerprint density at radius 3 is 2.35 bits per heavy atom. The number of alkyl halides is 3. The summed E-state index contributed by atoms with van der Waals surface area (Å²) in [5.41, 5.74) is -3.04. The van der Waals surface area contributed by atoms with Gasteiger partial charge in [-0.05, 0) is 13.3 Å². The number of halogens is 3. The van der Waals surface area contributed by atoms with Gasteiger partial charge in [0.1, 0.15) is 5.69 Å². The molecule has 1 heterocycles. The summed E-state index contributed by atoms with van der Waals surface area (Å²) in [6.45, 7) is 3.69. The van der Waals surface area contributed by atoms with Crippen molar-refractivity contribution in [1.29, 1.82) is 0 Å². The Morgan fingerprint density at radius 2 is 1.85 bits per heavy atom. The largest absolute Gasteiger partial charge is 0.431 e. The van der Waals surface area contributed by atoms with Crippen LogP contribution in [-0.2, 0) is 13.2 Å². The Labute approximate surface area is 114 Å². The second-order valence-corrected chi connectivity index (χ2v) is 4.92. The zero-order chi connectivity index (χ0) is 15.5. The summed E-state index contributed by atoms with van der Waals surface area (Å²) in [6, 6.07) is 0.0765. The van der Waals surface area contributed by atoms with Crippen LogP contribution in [0.4, 0.5) is 13.2 Å². The molecule has 20 heavy (non-hydrogen) atoms. The van der Waals surface area contributed by atoms with Crippen molar-refractivity contribution >= 4 is 0 Å². The van der Waals surface area contributed by atoms with Gasteiger partial charge in [0, 0.05) is 19.2 Å². The normalized spacial score (nSPS) is 13.5. The highest BCUT2D eigenvalue weighted by atomic mass is 19.4. The number of aromatic nitrogens is 2. The SMILES string of the molecule is CCCCCC(C)n1c(=O)cc(C(F)(F)F)n(C)c1=O. The van der Waals surface area contributed by atoms with E-state index in [1.54, 1.807) is 6.92 Å². The van der Waals surface area contributed by atoms with Crippen molar-refractivity contribution < 1.29 is 13.2 Å². The van der Waals surface area contributed by atoms with Gasteiger partial charge in [0.2, 0.25) is 0 Å². The molecule has 1 aromatic rings. The highest BCUT2D eigenvalue weighted by Gasteiger charge is 2.35. The maximum absolute atomic E-state index is 12.7. The Kier molecular flexibility index (Phi) is 5.19. The zero-order valence-corrected chi connectivity index (χ0v) is 11.8. The van der Waals surface area contributed by atoms with E-state index in [4.69, 9.17) is 0 Å². The molecule has 1 atom stereocenters. The minimum absolute atomic E-state index is 0.407. The lowest BCUT2D eigenvalue weighted by molar-refractivity contribution is -0.144. The van der Waals surface area contributed by atoms with Gasteiger partial charge in [-0.25, -0.2) is 4.79 Å². The van der Waals surface area contributed by atoms with Gasteiger partial charge in [-0.2, -0.15) is 13.2 Å². The Bertz CT molecular complexity index is 572. The third-order valence-electron chi connectivity index (χ3n) is 3.31. The molecule has 0 bridgehead atoms. The van der Waals surface area contributed by atoms with Crippen LogP contribution in [-0.4, -0.2) is 9.13 Å². The molecule has 0 saturated carbocycles. The molecule has 0 aliphatic rings. The van der Waals surface area contributed by atoms with E-state index in [9.17, 15) is 22.8 Å². The molecule has 4 nitrogen and oxygen atoms in total. The smallest absolute Gasteiger partial charge is 0.292 e. The van der Waals surface area contributed by atoms with Crippen molar-refractivity contribution in [3.63, 3.8) is 0 Å². The molecule has 1 rings (SSSR count). The molecule has 0 radical (unpaired) electrons. The number of hydrogen-bond donors (Lipinski definition) is 0. The van der Waals surface area contributed by atoms with Crippen LogP contribution in [0.5, 0.6) is 0 Å². The van der Waals surface area contributed by atoms with Crippen molar-refractivity contribution in [2.75, 3.05) is 0 Å². The summed E-state index contributed by atoms with van der Waals surface area (Å²) in [6.07, 6.45) is -1.34. The molecule has 0 N–H and O–H groups in total. The average molecular weight is 292 g/mol. The zero-order valence-electron chi connectivity index (χ0n) is 11.8. The Morgan fingerprint density at radius 1 is 1.25 bits per heavy atom. The fourth-order valence-electron chi connectivity index (χ4n) is 2.14.